The van der Waals surface area contributed by atoms with Gasteiger partial charge in [0.15, 0.2) is 0 Å². The smallest absolute Gasteiger partial charge is 0.260 e. The van der Waals surface area contributed by atoms with Crippen LogP contribution >= 0.6 is 0 Å². The van der Waals surface area contributed by atoms with Crippen molar-refractivity contribution in [2.45, 2.75) is 20.3 Å². The Morgan fingerprint density at radius 1 is 0.528 bits per heavy atom. The van der Waals surface area contributed by atoms with Crippen LogP contribution in [0, 0.1) is 6.92 Å². The summed E-state index contributed by atoms with van der Waals surface area (Å²) < 4.78 is 16.4. The first kappa shape index (κ1) is 30.1. The molecule has 3 nitrogen and oxygen atoms in total. The number of aromatic nitrogens is 1. The maximum absolute atomic E-state index is 7.02. The Balaban J connectivity index is 1.16. The van der Waals surface area contributed by atoms with E-state index in [1.165, 1.54) is 43.8 Å². The Bertz CT molecular complexity index is 2970. The molecule has 0 amide bonds. The molecule has 9 aromatic rings. The number of hydrogen-bond acceptors (Lipinski definition) is 2. The van der Waals surface area contributed by atoms with Crippen LogP contribution in [0.3, 0.4) is 0 Å². The number of aryl methyl sites for hydroxylation is 2. The van der Waals surface area contributed by atoms with Gasteiger partial charge in [-0.2, -0.15) is 0 Å². The summed E-state index contributed by atoms with van der Waals surface area (Å²) in [5.74, 6) is 3.43. The quantitative estimate of drug-likeness (QED) is 0.173. The Labute approximate surface area is 308 Å². The highest BCUT2D eigenvalue weighted by molar-refractivity contribution is 6.98. The largest absolute Gasteiger partial charge is 0.458 e. The second-order valence-corrected chi connectivity index (χ2v) is 14.4. The third-order valence-corrected chi connectivity index (χ3v) is 11.5. The molecular formula is C49H34BNO2. The molecule has 4 heteroatoms. The van der Waals surface area contributed by atoms with Gasteiger partial charge in [-0.25, -0.2) is 0 Å². The summed E-state index contributed by atoms with van der Waals surface area (Å²) >= 11 is 0. The first-order valence-corrected chi connectivity index (χ1v) is 18.5. The highest BCUT2D eigenvalue weighted by Gasteiger charge is 2.41. The van der Waals surface area contributed by atoms with Gasteiger partial charge >= 0.3 is 0 Å². The van der Waals surface area contributed by atoms with Crippen LogP contribution in [0.5, 0.6) is 23.0 Å². The van der Waals surface area contributed by atoms with E-state index >= 15 is 0 Å². The summed E-state index contributed by atoms with van der Waals surface area (Å²) in [4.78, 5) is 0. The summed E-state index contributed by atoms with van der Waals surface area (Å²) in [6, 6.07) is 57.0. The molecule has 0 saturated carbocycles. The van der Waals surface area contributed by atoms with E-state index in [1.54, 1.807) is 0 Å². The lowest BCUT2D eigenvalue weighted by molar-refractivity contribution is 0.464. The van der Waals surface area contributed by atoms with Crippen LogP contribution in [0.4, 0.5) is 0 Å². The Morgan fingerprint density at radius 3 is 1.89 bits per heavy atom. The Hall–Kier alpha value is -6.52. The number of fused-ring (bicyclic) bond motifs is 9. The zero-order chi connectivity index (χ0) is 35.2. The first-order chi connectivity index (χ1) is 26.1. The van der Waals surface area contributed by atoms with Crippen LogP contribution in [0.1, 0.15) is 18.1 Å². The van der Waals surface area contributed by atoms with Gasteiger partial charge in [-0.3, -0.25) is 0 Å². The monoisotopic (exact) mass is 679 g/mol. The van der Waals surface area contributed by atoms with Crippen molar-refractivity contribution < 1.29 is 9.47 Å². The van der Waals surface area contributed by atoms with Crippen molar-refractivity contribution in [1.29, 1.82) is 0 Å². The zero-order valence-electron chi connectivity index (χ0n) is 29.6. The molecule has 1 aromatic heterocycles. The molecule has 0 radical (unpaired) electrons. The average Bonchev–Trinajstić information content (AvgIpc) is 3.55. The van der Waals surface area contributed by atoms with E-state index in [-0.39, 0.29) is 6.71 Å². The molecule has 0 spiro atoms. The fraction of sp³-hybridized carbons (Fsp3) is 0.0612. The molecule has 2 aliphatic rings. The van der Waals surface area contributed by atoms with Crippen molar-refractivity contribution in [2.24, 2.45) is 0 Å². The summed E-state index contributed by atoms with van der Waals surface area (Å²) in [5, 5.41) is 4.96. The number of rotatable bonds is 4. The van der Waals surface area contributed by atoms with Crippen LogP contribution < -0.4 is 25.9 Å². The molecule has 11 rings (SSSR count). The first-order valence-electron chi connectivity index (χ1n) is 18.5. The second-order valence-electron chi connectivity index (χ2n) is 14.4. The highest BCUT2D eigenvalue weighted by atomic mass is 16.5. The molecule has 3 heterocycles. The fourth-order valence-corrected chi connectivity index (χ4v) is 8.97. The van der Waals surface area contributed by atoms with Crippen LogP contribution in [-0.4, -0.2) is 11.3 Å². The third-order valence-electron chi connectivity index (χ3n) is 11.5. The summed E-state index contributed by atoms with van der Waals surface area (Å²) in [6.07, 6.45) is 0.967. The van der Waals surface area contributed by atoms with Gasteiger partial charge < -0.3 is 14.0 Å². The van der Waals surface area contributed by atoms with Crippen molar-refractivity contribution in [3.8, 4) is 50.9 Å². The lowest BCUT2D eigenvalue weighted by Crippen LogP contribution is -2.57. The van der Waals surface area contributed by atoms with Gasteiger partial charge in [0.2, 0.25) is 0 Å². The van der Waals surface area contributed by atoms with Crippen molar-refractivity contribution >= 4 is 55.7 Å². The van der Waals surface area contributed by atoms with E-state index in [9.17, 15) is 0 Å². The van der Waals surface area contributed by atoms with E-state index in [1.807, 2.05) is 0 Å². The molecule has 53 heavy (non-hydrogen) atoms. The third kappa shape index (κ3) is 4.48. The minimum Gasteiger partial charge on any atom is -0.458 e. The molecule has 0 unspecified atom stereocenters. The fourth-order valence-electron chi connectivity index (χ4n) is 8.97. The predicted octanol–water partition coefficient (Wildman–Crippen LogP) is 10.9. The molecule has 2 aliphatic heterocycles. The van der Waals surface area contributed by atoms with Crippen LogP contribution in [0.2, 0.25) is 0 Å². The lowest BCUT2D eigenvalue weighted by Gasteiger charge is -2.34. The summed E-state index contributed by atoms with van der Waals surface area (Å²) in [7, 11) is 0. The van der Waals surface area contributed by atoms with E-state index in [0.717, 1.165) is 73.7 Å². The molecule has 0 bridgehead atoms. The number of benzene rings is 8. The molecular weight excluding hydrogens is 645 g/mol. The van der Waals surface area contributed by atoms with E-state index < -0.39 is 0 Å². The van der Waals surface area contributed by atoms with Gasteiger partial charge in [0.1, 0.15) is 23.0 Å². The van der Waals surface area contributed by atoms with Crippen LogP contribution in [-0.2, 0) is 6.42 Å². The number of nitrogens with zero attached hydrogens (tertiary/aromatic N) is 1. The highest BCUT2D eigenvalue weighted by Crippen LogP contribution is 2.42. The van der Waals surface area contributed by atoms with Crippen molar-refractivity contribution in [3.05, 3.63) is 169 Å². The van der Waals surface area contributed by atoms with Gasteiger partial charge in [0, 0.05) is 28.4 Å². The maximum Gasteiger partial charge on any atom is 0.260 e. The minimum absolute atomic E-state index is 0.0370. The van der Waals surface area contributed by atoms with Crippen molar-refractivity contribution in [1.82, 2.24) is 4.57 Å². The van der Waals surface area contributed by atoms with E-state index in [0.29, 0.717) is 0 Å². The molecule has 8 aromatic carbocycles. The summed E-state index contributed by atoms with van der Waals surface area (Å²) in [6.45, 7) is 4.35. The molecule has 0 N–H and O–H groups in total. The number of hydrogen-bond donors (Lipinski definition) is 0. The van der Waals surface area contributed by atoms with E-state index in [2.05, 4.69) is 176 Å². The molecule has 0 fully saturated rings. The molecule has 250 valence electrons. The minimum atomic E-state index is -0.0370. The second kappa shape index (κ2) is 11.5. The standard InChI is InChI=1S/C49H34BNO2/c1-3-31-13-5-8-16-37(31)34-21-24-41-45(27-34)53-47-29-35(51-42-19-11-10-18-39(42)48-38-17-9-6-14-32(38)22-25-43(48)51)28-46-49(47)50(41)40-23-20-33(26-44(40)52-46)36-15-7-4-12-30(36)2/h4-29H,3H2,1-2H3. The molecule has 0 aliphatic carbocycles. The van der Waals surface area contributed by atoms with Gasteiger partial charge in [-0.15, -0.1) is 0 Å². The zero-order valence-corrected chi connectivity index (χ0v) is 29.6. The SMILES string of the molecule is CCc1ccccc1-c1ccc2c(c1)Oc1cc(-n3c4ccccc4c4c5ccccc5ccc43)cc3c1B2c1ccc(-c2ccccc2C)cc1O3. The number of para-hydroxylation sites is 1. The van der Waals surface area contributed by atoms with Crippen molar-refractivity contribution in [3.63, 3.8) is 0 Å². The van der Waals surface area contributed by atoms with Gasteiger partial charge in [-0.1, -0.05) is 128 Å². The van der Waals surface area contributed by atoms with Crippen LogP contribution in [0.15, 0.2) is 158 Å². The van der Waals surface area contributed by atoms with Crippen molar-refractivity contribution in [2.75, 3.05) is 0 Å². The maximum atomic E-state index is 7.02. The Morgan fingerprint density at radius 2 is 1.15 bits per heavy atom. The van der Waals surface area contributed by atoms with Gasteiger partial charge in [-0.05, 0) is 92.7 Å². The topological polar surface area (TPSA) is 23.4 Å². The summed E-state index contributed by atoms with van der Waals surface area (Å²) in [5.41, 5.74) is 14.0. The van der Waals surface area contributed by atoms with Gasteiger partial charge in [0.05, 0.1) is 16.7 Å². The average molecular weight is 680 g/mol. The predicted molar refractivity (Wildman–Crippen MR) is 221 cm³/mol. The molecule has 0 atom stereocenters. The molecule has 0 saturated heterocycles. The number of ether oxygens (including phenoxy) is 2. The lowest BCUT2D eigenvalue weighted by atomic mass is 9.34. The van der Waals surface area contributed by atoms with Gasteiger partial charge in [0.25, 0.3) is 6.71 Å². The normalized spacial score (nSPS) is 12.7. The van der Waals surface area contributed by atoms with E-state index in [4.69, 9.17) is 9.47 Å². The Kier molecular flexibility index (Phi) is 6.54. The van der Waals surface area contributed by atoms with Crippen LogP contribution in [0.25, 0.3) is 60.5 Å².